The van der Waals surface area contributed by atoms with Crippen LogP contribution in [-0.4, -0.2) is 39.7 Å². The zero-order valence-electron chi connectivity index (χ0n) is 11.5. The highest BCUT2D eigenvalue weighted by Gasteiger charge is 2.41. The van der Waals surface area contributed by atoms with Crippen LogP contribution < -0.4 is 5.73 Å². The van der Waals surface area contributed by atoms with Crippen LogP contribution in [-0.2, 0) is 11.3 Å². The van der Waals surface area contributed by atoms with Crippen LogP contribution in [0.2, 0.25) is 0 Å². The molecule has 2 N–H and O–H groups in total. The van der Waals surface area contributed by atoms with Crippen LogP contribution in [0.3, 0.4) is 0 Å². The fourth-order valence-electron chi connectivity index (χ4n) is 3.04. The zero-order chi connectivity index (χ0) is 13.4. The Morgan fingerprint density at radius 1 is 1.47 bits per heavy atom. The number of hydrogen-bond donors (Lipinski definition) is 1. The Morgan fingerprint density at radius 3 is 2.89 bits per heavy atom. The van der Waals surface area contributed by atoms with Crippen LogP contribution >= 0.6 is 0 Å². The maximum atomic E-state index is 12.2. The van der Waals surface area contributed by atoms with Crippen LogP contribution in [0.5, 0.6) is 0 Å². The van der Waals surface area contributed by atoms with E-state index in [1.807, 2.05) is 28.9 Å². The first-order valence-electron chi connectivity index (χ1n) is 7.16. The topological polar surface area (TPSA) is 64.2 Å². The number of aromatic nitrogens is 2. The number of likely N-dealkylation sites (tertiary alicyclic amines) is 1. The molecule has 19 heavy (non-hydrogen) atoms. The molecule has 0 bridgehead atoms. The van der Waals surface area contributed by atoms with E-state index in [2.05, 4.69) is 5.10 Å². The molecule has 2 fully saturated rings. The molecule has 1 aromatic rings. The predicted molar refractivity (Wildman–Crippen MR) is 72.4 cm³/mol. The molecule has 1 amide bonds. The second kappa shape index (κ2) is 4.96. The lowest BCUT2D eigenvalue weighted by atomic mass is 9.99. The Morgan fingerprint density at radius 2 is 2.26 bits per heavy atom. The molecule has 2 atom stereocenters. The Kier molecular flexibility index (Phi) is 3.31. The van der Waals surface area contributed by atoms with Gasteiger partial charge in [0.2, 0.25) is 5.91 Å². The molecule has 2 aliphatic rings. The van der Waals surface area contributed by atoms with Gasteiger partial charge in [-0.3, -0.25) is 9.48 Å². The number of hydrogen-bond acceptors (Lipinski definition) is 3. The second-order valence-corrected chi connectivity index (χ2v) is 5.99. The van der Waals surface area contributed by atoms with Crippen LogP contribution in [0.1, 0.15) is 24.8 Å². The molecule has 0 spiro atoms. The lowest BCUT2D eigenvalue weighted by Crippen LogP contribution is -2.32. The largest absolute Gasteiger partial charge is 0.341 e. The van der Waals surface area contributed by atoms with Gasteiger partial charge in [-0.05, 0) is 37.2 Å². The zero-order valence-corrected chi connectivity index (χ0v) is 11.5. The van der Waals surface area contributed by atoms with Crippen LogP contribution in [0, 0.1) is 18.8 Å². The third-order valence-electron chi connectivity index (χ3n) is 4.31. The third-order valence-corrected chi connectivity index (χ3v) is 4.31. The van der Waals surface area contributed by atoms with Crippen molar-refractivity contribution >= 4 is 5.91 Å². The number of amides is 1. The summed E-state index contributed by atoms with van der Waals surface area (Å²) in [5.41, 5.74) is 7.28. The van der Waals surface area contributed by atoms with Gasteiger partial charge in [-0.1, -0.05) is 0 Å². The van der Waals surface area contributed by atoms with Crippen molar-refractivity contribution in [3.8, 4) is 0 Å². The van der Waals surface area contributed by atoms with Crippen molar-refractivity contribution in [1.82, 2.24) is 14.7 Å². The lowest BCUT2D eigenvalue weighted by Gasteiger charge is -2.16. The summed E-state index contributed by atoms with van der Waals surface area (Å²) >= 11 is 0. The van der Waals surface area contributed by atoms with Crippen LogP contribution in [0.25, 0.3) is 0 Å². The average molecular weight is 262 g/mol. The summed E-state index contributed by atoms with van der Waals surface area (Å²) in [7, 11) is 0. The minimum atomic E-state index is 0.184. The number of carbonyl (C=O) groups excluding carboxylic acids is 1. The average Bonchev–Trinajstić information content (AvgIpc) is 3.03. The molecular formula is C14H22N4O. The van der Waals surface area contributed by atoms with Gasteiger partial charge in [-0.15, -0.1) is 0 Å². The van der Waals surface area contributed by atoms with Crippen molar-refractivity contribution in [3.63, 3.8) is 0 Å². The molecule has 3 rings (SSSR count). The maximum Gasteiger partial charge on any atom is 0.224 e. The van der Waals surface area contributed by atoms with Crippen molar-refractivity contribution in [2.24, 2.45) is 17.6 Å². The summed E-state index contributed by atoms with van der Waals surface area (Å²) in [5.74, 6) is 1.53. The number of nitrogens with zero attached hydrogens (tertiary/aromatic N) is 3. The Bertz CT molecular complexity index is 466. The van der Waals surface area contributed by atoms with Gasteiger partial charge in [-0.2, -0.15) is 5.10 Å². The van der Waals surface area contributed by atoms with Gasteiger partial charge in [0.1, 0.15) is 0 Å². The maximum absolute atomic E-state index is 12.2. The Balaban J connectivity index is 1.50. The van der Waals surface area contributed by atoms with Crippen molar-refractivity contribution in [3.05, 3.63) is 18.0 Å². The molecule has 104 valence electrons. The first-order chi connectivity index (χ1) is 9.13. The minimum Gasteiger partial charge on any atom is -0.341 e. The van der Waals surface area contributed by atoms with Crippen LogP contribution in [0.4, 0.5) is 0 Å². The van der Waals surface area contributed by atoms with Crippen molar-refractivity contribution < 1.29 is 4.79 Å². The van der Waals surface area contributed by atoms with E-state index < -0.39 is 0 Å². The van der Waals surface area contributed by atoms with Gasteiger partial charge in [0.25, 0.3) is 0 Å². The van der Waals surface area contributed by atoms with E-state index in [9.17, 15) is 4.79 Å². The quantitative estimate of drug-likeness (QED) is 0.872. The van der Waals surface area contributed by atoms with Crippen molar-refractivity contribution in [2.75, 3.05) is 13.1 Å². The number of carbonyl (C=O) groups is 1. The van der Waals surface area contributed by atoms with Gasteiger partial charge in [0, 0.05) is 38.3 Å². The van der Waals surface area contributed by atoms with E-state index in [0.29, 0.717) is 18.9 Å². The minimum absolute atomic E-state index is 0.184. The molecule has 0 aromatic carbocycles. The van der Waals surface area contributed by atoms with Gasteiger partial charge < -0.3 is 10.6 Å². The summed E-state index contributed by atoms with van der Waals surface area (Å²) in [6.45, 7) is 4.26. The normalized spacial score (nSPS) is 26.9. The van der Waals surface area contributed by atoms with Gasteiger partial charge in [-0.25, -0.2) is 0 Å². The van der Waals surface area contributed by atoms with E-state index in [1.165, 1.54) is 12.8 Å². The van der Waals surface area contributed by atoms with Crippen LogP contribution in [0.15, 0.2) is 12.4 Å². The SMILES string of the molecule is Cc1cnn(CCC(=O)N2C[C@H](C3CC3)[C@@H](N)C2)c1. The van der Waals surface area contributed by atoms with Gasteiger partial charge in [0.05, 0.1) is 6.20 Å². The molecule has 1 saturated heterocycles. The van der Waals surface area contributed by atoms with E-state index >= 15 is 0 Å². The van der Waals surface area contributed by atoms with Crippen molar-refractivity contribution in [2.45, 2.75) is 38.8 Å². The predicted octanol–water partition coefficient (Wildman–Crippen LogP) is 0.777. The molecule has 1 aliphatic heterocycles. The van der Waals surface area contributed by atoms with E-state index in [4.69, 9.17) is 5.73 Å². The van der Waals surface area contributed by atoms with E-state index in [1.54, 1.807) is 0 Å². The Hall–Kier alpha value is -1.36. The highest BCUT2D eigenvalue weighted by Crippen LogP contribution is 2.40. The molecule has 0 radical (unpaired) electrons. The number of aryl methyl sites for hydroxylation is 2. The molecular weight excluding hydrogens is 240 g/mol. The number of rotatable bonds is 4. The molecule has 0 unspecified atom stereocenters. The summed E-state index contributed by atoms with van der Waals surface area (Å²) in [5, 5.41) is 4.20. The molecule has 1 saturated carbocycles. The van der Waals surface area contributed by atoms with Gasteiger partial charge in [0.15, 0.2) is 0 Å². The van der Waals surface area contributed by atoms with Crippen molar-refractivity contribution in [1.29, 1.82) is 0 Å². The fourth-order valence-corrected chi connectivity index (χ4v) is 3.04. The highest BCUT2D eigenvalue weighted by molar-refractivity contribution is 5.76. The third kappa shape index (κ3) is 2.81. The summed E-state index contributed by atoms with van der Waals surface area (Å²) in [6, 6.07) is 0.184. The Labute approximate surface area is 113 Å². The first-order valence-corrected chi connectivity index (χ1v) is 7.16. The van der Waals surface area contributed by atoms with Gasteiger partial charge >= 0.3 is 0 Å². The lowest BCUT2D eigenvalue weighted by molar-refractivity contribution is -0.130. The summed E-state index contributed by atoms with van der Waals surface area (Å²) in [6.07, 6.45) is 6.90. The molecule has 1 aliphatic carbocycles. The molecule has 5 nitrogen and oxygen atoms in total. The highest BCUT2D eigenvalue weighted by atomic mass is 16.2. The van der Waals surface area contributed by atoms with E-state index in [0.717, 1.165) is 24.6 Å². The smallest absolute Gasteiger partial charge is 0.224 e. The summed E-state index contributed by atoms with van der Waals surface area (Å²) in [4.78, 5) is 14.1. The summed E-state index contributed by atoms with van der Waals surface area (Å²) < 4.78 is 1.83. The fraction of sp³-hybridized carbons (Fsp3) is 0.714. The molecule has 2 heterocycles. The molecule has 1 aromatic heterocycles. The monoisotopic (exact) mass is 262 g/mol. The number of nitrogens with two attached hydrogens (primary N) is 1. The first kappa shape index (κ1) is 12.7. The second-order valence-electron chi connectivity index (χ2n) is 5.99. The van der Waals surface area contributed by atoms with E-state index in [-0.39, 0.29) is 11.9 Å². The standard InChI is InChI=1S/C14H22N4O/c1-10-6-16-18(7-10)5-4-14(19)17-8-12(11-2-3-11)13(15)9-17/h6-7,11-13H,2-5,8-9,15H2,1H3/t12-,13+/m1/s1. The molecule has 5 heteroatoms.